The molecule has 2 aromatic heterocycles. The van der Waals surface area contributed by atoms with Gasteiger partial charge in [0.15, 0.2) is 21.4 Å². The first-order valence-electron chi connectivity index (χ1n) is 6.48. The van der Waals surface area contributed by atoms with Crippen LogP contribution in [-0.4, -0.2) is 30.3 Å². The zero-order valence-electron chi connectivity index (χ0n) is 11.1. The summed E-state index contributed by atoms with van der Waals surface area (Å²) in [5, 5.41) is -0.958. The highest BCUT2D eigenvalue weighted by Crippen LogP contribution is 2.32. The molecule has 8 heteroatoms. The van der Waals surface area contributed by atoms with E-state index in [-0.39, 0.29) is 23.9 Å². The minimum atomic E-state index is -3.26. The third kappa shape index (κ3) is 2.66. The fraction of sp³-hybridized carbons (Fsp3) is 0.385. The van der Waals surface area contributed by atoms with Crippen molar-refractivity contribution in [2.24, 2.45) is 11.7 Å². The Hall–Kier alpha value is -1.51. The van der Waals surface area contributed by atoms with E-state index in [1.807, 2.05) is 0 Å². The maximum Gasteiger partial charge on any atom is 0.178 e. The second-order valence-corrected chi connectivity index (χ2v) is 8.19. The molecule has 0 bridgehead atoms. The second-order valence-electron chi connectivity index (χ2n) is 5.00. The number of ketones is 1. The van der Waals surface area contributed by atoms with Crippen LogP contribution in [-0.2, 0) is 9.84 Å². The Labute approximate surface area is 125 Å². The van der Waals surface area contributed by atoms with Crippen molar-refractivity contribution in [2.75, 3.05) is 5.75 Å². The first kappa shape index (κ1) is 14.4. The molecular formula is C13H14N2O4S2. The van der Waals surface area contributed by atoms with Crippen LogP contribution in [0.25, 0.3) is 11.5 Å². The Morgan fingerprint density at radius 3 is 2.95 bits per heavy atom. The van der Waals surface area contributed by atoms with Gasteiger partial charge in [-0.3, -0.25) is 4.79 Å². The Morgan fingerprint density at radius 2 is 2.29 bits per heavy atom. The van der Waals surface area contributed by atoms with Gasteiger partial charge in [-0.2, -0.15) is 0 Å². The summed E-state index contributed by atoms with van der Waals surface area (Å²) in [5.41, 5.74) is 7.75. The average Bonchev–Trinajstić information content (AvgIpc) is 3.10. The maximum atomic E-state index is 12.6. The predicted molar refractivity (Wildman–Crippen MR) is 78.6 cm³/mol. The molecule has 2 N–H and O–H groups in total. The minimum Gasteiger partial charge on any atom is -0.463 e. The molecule has 1 aliphatic rings. The lowest BCUT2D eigenvalue weighted by Gasteiger charge is -2.25. The molecule has 112 valence electrons. The van der Waals surface area contributed by atoms with Crippen molar-refractivity contribution >= 4 is 27.0 Å². The molecule has 21 heavy (non-hydrogen) atoms. The summed E-state index contributed by atoms with van der Waals surface area (Å²) in [6.45, 7) is 0. The quantitative estimate of drug-likeness (QED) is 0.861. The van der Waals surface area contributed by atoms with E-state index in [1.165, 1.54) is 17.6 Å². The van der Waals surface area contributed by atoms with Gasteiger partial charge in [0.25, 0.3) is 0 Å². The van der Waals surface area contributed by atoms with Crippen LogP contribution in [0.3, 0.4) is 0 Å². The molecule has 0 radical (unpaired) electrons. The van der Waals surface area contributed by atoms with Crippen LogP contribution in [0.15, 0.2) is 28.3 Å². The summed E-state index contributed by atoms with van der Waals surface area (Å²) >= 11 is 1.24. The normalized spacial score (nSPS) is 24.8. The van der Waals surface area contributed by atoms with Gasteiger partial charge in [0.2, 0.25) is 0 Å². The van der Waals surface area contributed by atoms with Crippen LogP contribution in [0.5, 0.6) is 0 Å². The molecular weight excluding hydrogens is 312 g/mol. The summed E-state index contributed by atoms with van der Waals surface area (Å²) in [6.07, 6.45) is 1.99. The van der Waals surface area contributed by atoms with Crippen molar-refractivity contribution in [2.45, 2.75) is 18.2 Å². The molecule has 2 atom stereocenters. The van der Waals surface area contributed by atoms with Gasteiger partial charge in [-0.25, -0.2) is 13.4 Å². The highest BCUT2D eigenvalue weighted by Gasteiger charge is 2.36. The van der Waals surface area contributed by atoms with Crippen LogP contribution in [0.1, 0.15) is 22.5 Å². The maximum absolute atomic E-state index is 12.6. The first-order valence-corrected chi connectivity index (χ1v) is 9.07. The molecule has 0 aromatic carbocycles. The van der Waals surface area contributed by atoms with Gasteiger partial charge in [0, 0.05) is 5.92 Å². The van der Waals surface area contributed by atoms with E-state index >= 15 is 0 Å². The van der Waals surface area contributed by atoms with Crippen molar-refractivity contribution < 1.29 is 17.6 Å². The zero-order chi connectivity index (χ0) is 15.0. The lowest BCUT2D eigenvalue weighted by molar-refractivity contribution is 0.0911. The van der Waals surface area contributed by atoms with Gasteiger partial charge in [0.1, 0.15) is 15.9 Å². The molecule has 1 aliphatic heterocycles. The van der Waals surface area contributed by atoms with E-state index in [4.69, 9.17) is 10.2 Å². The summed E-state index contributed by atoms with van der Waals surface area (Å²) < 4.78 is 28.5. The number of carbonyl (C=O) groups is 1. The SMILES string of the molecule is NC1CC(C(=O)c2scnc2-c2ccco2)CCS1(=O)=O. The van der Waals surface area contributed by atoms with E-state index in [0.29, 0.717) is 22.8 Å². The largest absolute Gasteiger partial charge is 0.463 e. The lowest BCUT2D eigenvalue weighted by Crippen LogP contribution is -2.41. The van der Waals surface area contributed by atoms with Crippen molar-refractivity contribution in [1.82, 2.24) is 4.98 Å². The van der Waals surface area contributed by atoms with Gasteiger partial charge in [-0.1, -0.05) is 0 Å². The highest BCUT2D eigenvalue weighted by molar-refractivity contribution is 7.92. The molecule has 0 aliphatic carbocycles. The van der Waals surface area contributed by atoms with E-state index in [1.54, 1.807) is 17.6 Å². The molecule has 0 amide bonds. The summed E-state index contributed by atoms with van der Waals surface area (Å²) in [7, 11) is -3.26. The number of carbonyl (C=O) groups excluding carboxylic acids is 1. The van der Waals surface area contributed by atoms with Crippen LogP contribution in [0, 0.1) is 5.92 Å². The average molecular weight is 326 g/mol. The van der Waals surface area contributed by atoms with Gasteiger partial charge in [-0.15, -0.1) is 11.3 Å². The number of hydrogen-bond donors (Lipinski definition) is 1. The molecule has 0 spiro atoms. The third-order valence-corrected chi connectivity index (χ3v) is 6.41. The Kier molecular flexibility index (Phi) is 3.68. The van der Waals surface area contributed by atoms with Gasteiger partial charge >= 0.3 is 0 Å². The van der Waals surface area contributed by atoms with Crippen LogP contribution in [0.2, 0.25) is 0 Å². The molecule has 6 nitrogen and oxygen atoms in total. The number of Topliss-reactive ketones (excluding diaryl/α,β-unsaturated/α-hetero) is 1. The molecule has 1 saturated heterocycles. The van der Waals surface area contributed by atoms with Crippen LogP contribution < -0.4 is 5.73 Å². The predicted octanol–water partition coefficient (Wildman–Crippen LogP) is 1.70. The van der Waals surface area contributed by atoms with Crippen molar-refractivity contribution in [3.05, 3.63) is 28.8 Å². The standard InChI is InChI=1S/C13H14N2O4S2/c14-10-6-8(3-5-21(10,17)18)12(16)13-11(15-7-20-13)9-2-1-4-19-9/h1-2,4,7-8,10H,3,5-6,14H2. The number of nitrogens with zero attached hydrogens (tertiary/aromatic N) is 1. The number of thiazole rings is 1. The van der Waals surface area contributed by atoms with Crippen molar-refractivity contribution in [3.8, 4) is 11.5 Å². The number of hydrogen-bond acceptors (Lipinski definition) is 7. The highest BCUT2D eigenvalue weighted by atomic mass is 32.2. The first-order chi connectivity index (χ1) is 9.99. The van der Waals surface area contributed by atoms with E-state index in [9.17, 15) is 13.2 Å². The van der Waals surface area contributed by atoms with E-state index in [2.05, 4.69) is 4.98 Å². The Balaban J connectivity index is 1.86. The second kappa shape index (κ2) is 5.36. The summed E-state index contributed by atoms with van der Waals surface area (Å²) in [6, 6.07) is 3.47. The van der Waals surface area contributed by atoms with Crippen molar-refractivity contribution in [3.63, 3.8) is 0 Å². The number of aromatic nitrogens is 1. The monoisotopic (exact) mass is 326 g/mol. The topological polar surface area (TPSA) is 103 Å². The molecule has 2 aromatic rings. The molecule has 1 fully saturated rings. The number of sulfone groups is 1. The van der Waals surface area contributed by atoms with E-state index < -0.39 is 15.2 Å². The number of rotatable bonds is 3. The van der Waals surface area contributed by atoms with Gasteiger partial charge in [0.05, 0.1) is 17.5 Å². The number of furan rings is 1. The lowest BCUT2D eigenvalue weighted by atomic mass is 9.94. The molecule has 3 rings (SSSR count). The Morgan fingerprint density at radius 1 is 1.48 bits per heavy atom. The fourth-order valence-corrected chi connectivity index (χ4v) is 4.69. The van der Waals surface area contributed by atoms with Crippen LogP contribution in [0.4, 0.5) is 0 Å². The van der Waals surface area contributed by atoms with Gasteiger partial charge in [-0.05, 0) is 25.0 Å². The summed E-state index contributed by atoms with van der Waals surface area (Å²) in [4.78, 5) is 17.3. The molecule has 3 heterocycles. The number of nitrogens with two attached hydrogens (primary N) is 1. The van der Waals surface area contributed by atoms with Crippen LogP contribution >= 0.6 is 11.3 Å². The van der Waals surface area contributed by atoms with Crippen molar-refractivity contribution in [1.29, 1.82) is 0 Å². The zero-order valence-corrected chi connectivity index (χ0v) is 12.7. The summed E-state index contributed by atoms with van der Waals surface area (Å²) in [5.74, 6) is 0.0127. The van der Waals surface area contributed by atoms with Gasteiger partial charge < -0.3 is 10.2 Å². The fourth-order valence-electron chi connectivity index (χ4n) is 2.44. The van der Waals surface area contributed by atoms with E-state index in [0.717, 1.165) is 0 Å². The minimum absolute atomic E-state index is 0.0422. The third-order valence-electron chi connectivity index (χ3n) is 3.65. The molecule has 2 unspecified atom stereocenters. The Bertz CT molecular complexity index is 749. The molecule has 0 saturated carbocycles. The smallest absolute Gasteiger partial charge is 0.178 e.